The summed E-state index contributed by atoms with van der Waals surface area (Å²) >= 11 is 1.58. The predicted octanol–water partition coefficient (Wildman–Crippen LogP) is 4.62. The van der Waals surface area contributed by atoms with Crippen LogP contribution in [0.1, 0.15) is 78.8 Å². The molecule has 1 saturated carbocycles. The highest BCUT2D eigenvalue weighted by atomic mass is 32.2. The maximum Gasteiger partial charge on any atom is 0.408 e. The molecule has 5 atom stereocenters. The Hall–Kier alpha value is -2.42. The minimum Gasteiger partial charge on any atom is -0.508 e. The number of hydrogen-bond donors (Lipinski definition) is 3. The summed E-state index contributed by atoms with van der Waals surface area (Å²) in [5.74, 6) is 0.399. The largest absolute Gasteiger partial charge is 0.508 e. The van der Waals surface area contributed by atoms with Crippen molar-refractivity contribution in [2.45, 2.75) is 97.0 Å². The fraction of sp³-hybridized carbons (Fsp3) is 0.667. The molecule has 0 aromatic heterocycles. The van der Waals surface area contributed by atoms with Crippen LogP contribution in [0.25, 0.3) is 0 Å². The van der Waals surface area contributed by atoms with Crippen molar-refractivity contribution in [1.82, 2.24) is 15.5 Å². The van der Waals surface area contributed by atoms with Crippen molar-refractivity contribution in [1.29, 1.82) is 0 Å². The summed E-state index contributed by atoms with van der Waals surface area (Å²) in [6, 6.07) is 4.50. The number of nitrogens with one attached hydrogen (secondary N) is 2. The zero-order chi connectivity index (χ0) is 27.0. The smallest absolute Gasteiger partial charge is 0.408 e. The maximum absolute atomic E-state index is 14.1. The van der Waals surface area contributed by atoms with Crippen molar-refractivity contribution in [3.8, 4) is 5.75 Å². The standard InChI is InChI=1S/C27H43N3O5S/c1-8-9-18(3)28-24(32)23(19-10-12-20(31)13-11-19)30(22-16-17(22)2)25(33)21(14-15-36-7)29-26(34)35-27(4,5)6/h10-13,17-18,21-23,31H,8-9,14-16H2,1-7H3,(H,28,32)(H,29,34). The normalized spacial score (nSPS) is 19.5. The van der Waals surface area contributed by atoms with Crippen LogP contribution in [0.2, 0.25) is 0 Å². The first-order chi connectivity index (χ1) is 16.9. The van der Waals surface area contributed by atoms with E-state index >= 15 is 0 Å². The molecule has 36 heavy (non-hydrogen) atoms. The molecule has 1 aromatic rings. The molecule has 1 aliphatic carbocycles. The number of phenols is 1. The van der Waals surface area contributed by atoms with Crippen molar-refractivity contribution in [3.63, 3.8) is 0 Å². The first-order valence-electron chi connectivity index (χ1n) is 12.8. The topological polar surface area (TPSA) is 108 Å². The lowest BCUT2D eigenvalue weighted by Crippen LogP contribution is -2.54. The van der Waals surface area contributed by atoms with Crippen LogP contribution in [-0.2, 0) is 14.3 Å². The third kappa shape index (κ3) is 8.91. The molecule has 0 heterocycles. The summed E-state index contributed by atoms with van der Waals surface area (Å²) in [7, 11) is 0. The first-order valence-corrected chi connectivity index (χ1v) is 14.2. The summed E-state index contributed by atoms with van der Waals surface area (Å²) in [4.78, 5) is 42.0. The van der Waals surface area contributed by atoms with Crippen LogP contribution in [0.4, 0.5) is 4.79 Å². The molecule has 5 unspecified atom stereocenters. The summed E-state index contributed by atoms with van der Waals surface area (Å²) < 4.78 is 5.43. The Kier molecular flexibility index (Phi) is 10.9. The van der Waals surface area contributed by atoms with Gasteiger partial charge in [0.05, 0.1) is 0 Å². The number of carbonyl (C=O) groups excluding carboxylic acids is 3. The van der Waals surface area contributed by atoms with Gasteiger partial charge in [0, 0.05) is 12.1 Å². The molecule has 202 valence electrons. The van der Waals surface area contributed by atoms with Crippen LogP contribution in [-0.4, -0.2) is 63.6 Å². The number of aromatic hydroxyl groups is 1. The van der Waals surface area contributed by atoms with Gasteiger partial charge in [-0.1, -0.05) is 32.4 Å². The Morgan fingerprint density at radius 1 is 1.17 bits per heavy atom. The highest BCUT2D eigenvalue weighted by Crippen LogP contribution is 2.41. The van der Waals surface area contributed by atoms with Crippen LogP contribution in [0.15, 0.2) is 24.3 Å². The van der Waals surface area contributed by atoms with Gasteiger partial charge in [-0.25, -0.2) is 4.79 Å². The number of amides is 3. The lowest BCUT2D eigenvalue weighted by atomic mass is 10.0. The van der Waals surface area contributed by atoms with Crippen molar-refractivity contribution < 1.29 is 24.2 Å². The van der Waals surface area contributed by atoms with Crippen LogP contribution in [0.5, 0.6) is 5.75 Å². The molecule has 1 aliphatic rings. The van der Waals surface area contributed by atoms with Crippen molar-refractivity contribution in [3.05, 3.63) is 29.8 Å². The second-order valence-corrected chi connectivity index (χ2v) is 11.7. The van der Waals surface area contributed by atoms with Crippen molar-refractivity contribution in [2.75, 3.05) is 12.0 Å². The van der Waals surface area contributed by atoms with Crippen LogP contribution < -0.4 is 10.6 Å². The summed E-state index contributed by atoms with van der Waals surface area (Å²) in [5.41, 5.74) is -0.0893. The fourth-order valence-corrected chi connectivity index (χ4v) is 4.69. The van der Waals surface area contributed by atoms with Gasteiger partial charge >= 0.3 is 6.09 Å². The molecule has 0 radical (unpaired) electrons. The van der Waals surface area contributed by atoms with Gasteiger partial charge in [0.1, 0.15) is 23.4 Å². The molecule has 0 aliphatic heterocycles. The Labute approximate surface area is 219 Å². The van der Waals surface area contributed by atoms with E-state index < -0.39 is 23.8 Å². The molecule has 0 saturated heterocycles. The third-order valence-corrected chi connectivity index (χ3v) is 6.77. The van der Waals surface area contributed by atoms with E-state index in [4.69, 9.17) is 4.74 Å². The number of ether oxygens (including phenoxy) is 1. The monoisotopic (exact) mass is 521 g/mol. The molecular formula is C27H43N3O5S. The molecule has 1 aromatic carbocycles. The quantitative estimate of drug-likeness (QED) is 0.370. The van der Waals surface area contributed by atoms with Crippen LogP contribution in [0, 0.1) is 5.92 Å². The van der Waals surface area contributed by atoms with Gasteiger partial charge in [0.2, 0.25) is 11.8 Å². The van der Waals surface area contributed by atoms with Gasteiger partial charge in [-0.3, -0.25) is 9.59 Å². The molecule has 2 rings (SSSR count). The van der Waals surface area contributed by atoms with Crippen LogP contribution in [0.3, 0.4) is 0 Å². The molecule has 9 heteroatoms. The zero-order valence-electron chi connectivity index (χ0n) is 22.7. The first kappa shape index (κ1) is 29.8. The number of hydrogen-bond acceptors (Lipinski definition) is 6. The summed E-state index contributed by atoms with van der Waals surface area (Å²) in [6.07, 6.45) is 4.21. The van der Waals surface area contributed by atoms with Gasteiger partial charge in [0.15, 0.2) is 0 Å². The Balaban J connectivity index is 2.45. The van der Waals surface area contributed by atoms with Gasteiger partial charge < -0.3 is 25.4 Å². The van der Waals surface area contributed by atoms with Gasteiger partial charge in [-0.15, -0.1) is 0 Å². The minimum atomic E-state index is -0.885. The summed E-state index contributed by atoms with van der Waals surface area (Å²) in [5, 5.41) is 15.7. The van der Waals surface area contributed by atoms with Gasteiger partial charge in [-0.05, 0) is 82.6 Å². The van der Waals surface area contributed by atoms with Crippen LogP contribution >= 0.6 is 11.8 Å². The number of thioether (sulfide) groups is 1. The second-order valence-electron chi connectivity index (χ2n) is 10.7. The SMILES string of the molecule is CCCC(C)NC(=O)C(c1ccc(O)cc1)N(C(=O)C(CCSC)NC(=O)OC(C)(C)C)C1CC1C. The highest BCUT2D eigenvalue weighted by molar-refractivity contribution is 7.98. The average Bonchev–Trinajstić information content (AvgIpc) is 3.49. The zero-order valence-corrected chi connectivity index (χ0v) is 23.5. The second kappa shape index (κ2) is 13.2. The third-order valence-electron chi connectivity index (χ3n) is 6.12. The van der Waals surface area contributed by atoms with E-state index in [2.05, 4.69) is 24.5 Å². The lowest BCUT2D eigenvalue weighted by molar-refractivity contribution is -0.143. The minimum absolute atomic E-state index is 0.0529. The number of benzene rings is 1. The molecular weight excluding hydrogens is 478 g/mol. The van der Waals surface area contributed by atoms with E-state index in [0.29, 0.717) is 17.7 Å². The van der Waals surface area contributed by atoms with E-state index in [1.54, 1.807) is 49.6 Å². The number of alkyl carbamates (subject to hydrolysis) is 1. The van der Waals surface area contributed by atoms with E-state index in [9.17, 15) is 19.5 Å². The average molecular weight is 522 g/mol. The molecule has 1 fully saturated rings. The molecule has 8 nitrogen and oxygen atoms in total. The Morgan fingerprint density at radius 3 is 2.28 bits per heavy atom. The van der Waals surface area contributed by atoms with Crippen molar-refractivity contribution in [2.24, 2.45) is 5.92 Å². The Morgan fingerprint density at radius 2 is 1.78 bits per heavy atom. The van der Waals surface area contributed by atoms with Gasteiger partial charge in [0.25, 0.3) is 0 Å². The van der Waals surface area contributed by atoms with Gasteiger partial charge in [-0.2, -0.15) is 11.8 Å². The van der Waals surface area contributed by atoms with E-state index in [0.717, 1.165) is 19.3 Å². The number of nitrogens with zero attached hydrogens (tertiary/aromatic N) is 1. The van der Waals surface area contributed by atoms with E-state index in [-0.39, 0.29) is 35.6 Å². The molecule has 3 amide bonds. The lowest BCUT2D eigenvalue weighted by Gasteiger charge is -2.35. The molecule has 0 bridgehead atoms. The summed E-state index contributed by atoms with van der Waals surface area (Å²) in [6.45, 7) is 11.4. The highest BCUT2D eigenvalue weighted by Gasteiger charge is 2.48. The number of phenolic OH excluding ortho intramolecular Hbond substituents is 1. The fourth-order valence-electron chi connectivity index (χ4n) is 4.22. The molecule has 0 spiro atoms. The van der Waals surface area contributed by atoms with E-state index in [1.807, 2.05) is 13.2 Å². The van der Waals surface area contributed by atoms with E-state index in [1.165, 1.54) is 12.1 Å². The molecule has 3 N–H and O–H groups in total. The van der Waals surface area contributed by atoms with Crippen molar-refractivity contribution >= 4 is 29.7 Å². The number of carbonyl (C=O) groups is 3. The Bertz CT molecular complexity index is 886. The maximum atomic E-state index is 14.1. The number of rotatable bonds is 12. The predicted molar refractivity (Wildman–Crippen MR) is 144 cm³/mol.